The van der Waals surface area contributed by atoms with Gasteiger partial charge < -0.3 is 4.42 Å². The van der Waals surface area contributed by atoms with E-state index >= 15 is 0 Å². The zero-order chi connectivity index (χ0) is 19.7. The first-order valence-electron chi connectivity index (χ1n) is 8.86. The maximum Gasteiger partial charge on any atom is 0.276 e. The van der Waals surface area contributed by atoms with Crippen LogP contribution >= 0.6 is 23.4 Å². The number of aromatic nitrogens is 4. The molecule has 28 heavy (non-hydrogen) atoms. The number of para-hydroxylation sites is 1. The van der Waals surface area contributed by atoms with E-state index < -0.39 is 9.84 Å². The molecule has 1 aliphatic rings. The molecule has 1 unspecified atom stereocenters. The van der Waals surface area contributed by atoms with Gasteiger partial charge >= 0.3 is 0 Å². The van der Waals surface area contributed by atoms with E-state index in [1.165, 1.54) is 11.8 Å². The van der Waals surface area contributed by atoms with Crippen LogP contribution in [-0.4, -0.2) is 39.9 Å². The van der Waals surface area contributed by atoms with Gasteiger partial charge in [-0.25, -0.2) is 13.1 Å². The van der Waals surface area contributed by atoms with Crippen LogP contribution in [0.4, 0.5) is 0 Å². The minimum Gasteiger partial charge on any atom is -0.416 e. The van der Waals surface area contributed by atoms with Crippen LogP contribution in [0, 0.1) is 12.8 Å². The van der Waals surface area contributed by atoms with Crippen molar-refractivity contribution < 1.29 is 12.8 Å². The molecule has 2 aromatic heterocycles. The van der Waals surface area contributed by atoms with Crippen LogP contribution in [0.25, 0.3) is 5.69 Å². The highest BCUT2D eigenvalue weighted by Gasteiger charge is 2.29. The first-order valence-corrected chi connectivity index (χ1v) is 12.0. The average Bonchev–Trinajstić information content (AvgIpc) is 3.33. The van der Waals surface area contributed by atoms with Gasteiger partial charge in [0.2, 0.25) is 5.89 Å². The van der Waals surface area contributed by atoms with Crippen molar-refractivity contribution in [1.82, 2.24) is 20.0 Å². The molecule has 1 saturated heterocycles. The lowest BCUT2D eigenvalue weighted by Gasteiger charge is -2.03. The van der Waals surface area contributed by atoms with Gasteiger partial charge in [0.15, 0.2) is 9.84 Å². The average molecular weight is 439 g/mol. The first-order chi connectivity index (χ1) is 13.4. The van der Waals surface area contributed by atoms with Crippen molar-refractivity contribution in [1.29, 1.82) is 0 Å². The normalized spacial score (nSPS) is 18.6. The molecule has 0 saturated carbocycles. The summed E-state index contributed by atoms with van der Waals surface area (Å²) in [6, 6.07) is 9.71. The molecule has 0 spiro atoms. The largest absolute Gasteiger partial charge is 0.416 e. The second-order valence-electron chi connectivity index (χ2n) is 6.83. The van der Waals surface area contributed by atoms with Gasteiger partial charge in [-0.1, -0.05) is 41.6 Å². The molecule has 10 heteroatoms. The van der Waals surface area contributed by atoms with E-state index in [-0.39, 0.29) is 17.4 Å². The summed E-state index contributed by atoms with van der Waals surface area (Å²) in [7, 11) is -2.90. The van der Waals surface area contributed by atoms with Crippen molar-refractivity contribution in [3.8, 4) is 5.69 Å². The third kappa shape index (κ3) is 4.26. The number of rotatable bonds is 6. The summed E-state index contributed by atoms with van der Waals surface area (Å²) in [6.45, 7) is 1.92. The van der Waals surface area contributed by atoms with Crippen LogP contribution in [0.5, 0.6) is 0 Å². The molecule has 0 bridgehead atoms. The molecule has 1 aromatic carbocycles. The Hall–Kier alpha value is -1.84. The smallest absolute Gasteiger partial charge is 0.276 e. The van der Waals surface area contributed by atoms with Crippen LogP contribution in [0.15, 0.2) is 40.0 Å². The van der Waals surface area contributed by atoms with Crippen LogP contribution < -0.4 is 0 Å². The summed E-state index contributed by atoms with van der Waals surface area (Å²) in [4.78, 5) is 0. The molecule has 0 N–H and O–H groups in total. The Morgan fingerprint density at radius 2 is 2.07 bits per heavy atom. The van der Waals surface area contributed by atoms with Crippen molar-refractivity contribution in [3.05, 3.63) is 52.6 Å². The van der Waals surface area contributed by atoms with Gasteiger partial charge in [-0.05, 0) is 31.4 Å². The monoisotopic (exact) mass is 438 g/mol. The Bertz CT molecular complexity index is 1080. The van der Waals surface area contributed by atoms with Gasteiger partial charge in [0.1, 0.15) is 5.15 Å². The Kier molecular flexibility index (Phi) is 5.48. The second-order valence-corrected chi connectivity index (χ2v) is 10.3. The second kappa shape index (κ2) is 7.88. The minimum atomic E-state index is -2.90. The summed E-state index contributed by atoms with van der Waals surface area (Å²) in [6.07, 6.45) is 1.15. The zero-order valence-electron chi connectivity index (χ0n) is 15.2. The van der Waals surface area contributed by atoms with Crippen molar-refractivity contribution in [3.63, 3.8) is 0 Å². The molecule has 4 rings (SSSR count). The van der Waals surface area contributed by atoms with Crippen molar-refractivity contribution in [2.24, 2.45) is 5.92 Å². The van der Waals surface area contributed by atoms with Gasteiger partial charge in [0, 0.05) is 17.7 Å². The number of aryl methyl sites for hydroxylation is 1. The molecule has 3 aromatic rings. The predicted molar refractivity (Wildman–Crippen MR) is 108 cm³/mol. The van der Waals surface area contributed by atoms with E-state index in [2.05, 4.69) is 15.3 Å². The number of hydrogen-bond acceptors (Lipinski definition) is 7. The SMILES string of the molecule is Cc1nn(-c2ccccc2)c(Cl)c1CSc1nnc(CC2CCS(=O)(=O)C2)o1. The molecular formula is C18H19ClN4O3S2. The van der Waals surface area contributed by atoms with Gasteiger partial charge in [-0.2, -0.15) is 5.10 Å². The lowest BCUT2D eigenvalue weighted by Crippen LogP contribution is -2.07. The summed E-state index contributed by atoms with van der Waals surface area (Å²) in [5.74, 6) is 1.54. The number of benzene rings is 1. The molecule has 148 valence electrons. The van der Waals surface area contributed by atoms with Crippen molar-refractivity contribution in [2.45, 2.75) is 30.7 Å². The molecular weight excluding hydrogens is 420 g/mol. The molecule has 3 heterocycles. The molecule has 0 aliphatic carbocycles. The number of hydrogen-bond donors (Lipinski definition) is 0. The van der Waals surface area contributed by atoms with E-state index in [1.807, 2.05) is 37.3 Å². The topological polar surface area (TPSA) is 90.9 Å². The fourth-order valence-corrected chi connectivity index (χ4v) is 6.38. The highest BCUT2D eigenvalue weighted by molar-refractivity contribution is 7.98. The predicted octanol–water partition coefficient (Wildman–Crippen LogP) is 3.49. The molecule has 0 amide bonds. The number of thioether (sulfide) groups is 1. The molecule has 0 radical (unpaired) electrons. The number of nitrogens with zero attached hydrogens (tertiary/aromatic N) is 4. The molecule has 1 fully saturated rings. The maximum absolute atomic E-state index is 11.6. The van der Waals surface area contributed by atoms with Crippen molar-refractivity contribution in [2.75, 3.05) is 11.5 Å². The summed E-state index contributed by atoms with van der Waals surface area (Å²) < 4.78 is 30.5. The zero-order valence-corrected chi connectivity index (χ0v) is 17.6. The van der Waals surface area contributed by atoms with Crippen LogP contribution in [0.1, 0.15) is 23.6 Å². The fourth-order valence-electron chi connectivity index (χ4n) is 3.23. The van der Waals surface area contributed by atoms with Gasteiger partial charge in [0.25, 0.3) is 5.22 Å². The Morgan fingerprint density at radius 1 is 1.29 bits per heavy atom. The molecule has 1 aliphatic heterocycles. The lowest BCUT2D eigenvalue weighted by atomic mass is 10.1. The van der Waals surface area contributed by atoms with Crippen LogP contribution in [0.2, 0.25) is 5.15 Å². The minimum absolute atomic E-state index is 0.0593. The quantitative estimate of drug-likeness (QED) is 0.544. The van der Waals surface area contributed by atoms with Gasteiger partial charge in [0.05, 0.1) is 22.9 Å². The van der Waals surface area contributed by atoms with E-state index in [1.54, 1.807) is 4.68 Å². The van der Waals surface area contributed by atoms with Crippen molar-refractivity contribution >= 4 is 33.2 Å². The van der Waals surface area contributed by atoms with E-state index in [0.717, 1.165) is 16.9 Å². The van der Waals surface area contributed by atoms with E-state index in [9.17, 15) is 8.42 Å². The highest BCUT2D eigenvalue weighted by Crippen LogP contribution is 2.30. The summed E-state index contributed by atoms with van der Waals surface area (Å²) in [5, 5.41) is 13.6. The van der Waals surface area contributed by atoms with E-state index in [0.29, 0.717) is 34.9 Å². The van der Waals surface area contributed by atoms with E-state index in [4.69, 9.17) is 16.0 Å². The fraction of sp³-hybridized carbons (Fsp3) is 0.389. The maximum atomic E-state index is 11.6. The summed E-state index contributed by atoms with van der Waals surface area (Å²) >= 11 is 7.93. The van der Waals surface area contributed by atoms with Gasteiger partial charge in [-0.3, -0.25) is 0 Å². The van der Waals surface area contributed by atoms with Crippen LogP contribution in [0.3, 0.4) is 0 Å². The molecule has 1 atom stereocenters. The molecule has 7 nitrogen and oxygen atoms in total. The Balaban J connectivity index is 1.42. The third-order valence-corrected chi connectivity index (χ3v) is 7.77. The number of sulfone groups is 1. The Labute approximate surface area is 172 Å². The first kappa shape index (κ1) is 19.5. The van der Waals surface area contributed by atoms with Crippen LogP contribution in [-0.2, 0) is 22.0 Å². The Morgan fingerprint density at radius 3 is 2.79 bits per heavy atom. The number of halogens is 1. The highest BCUT2D eigenvalue weighted by atomic mass is 35.5. The third-order valence-electron chi connectivity index (χ3n) is 4.70. The van der Waals surface area contributed by atoms with Gasteiger partial charge in [-0.15, -0.1) is 10.2 Å². The summed E-state index contributed by atoms with van der Waals surface area (Å²) in [5.41, 5.74) is 2.66. The standard InChI is InChI=1S/C18H19ClN4O3S2/c1-12-15(17(19)23(22-12)14-5-3-2-4-6-14)10-27-18-21-20-16(26-18)9-13-7-8-28(24,25)11-13/h2-6,13H,7-11H2,1H3. The lowest BCUT2D eigenvalue weighted by molar-refractivity contribution is 0.389.